The number of hydrogen-bond donors (Lipinski definition) is 1. The van der Waals surface area contributed by atoms with E-state index in [0.29, 0.717) is 35.8 Å². The molecular weight excluding hydrogens is 458 g/mol. The van der Waals surface area contributed by atoms with Crippen molar-refractivity contribution < 1.29 is 14.3 Å². The minimum Gasteiger partial charge on any atom is -0.493 e. The summed E-state index contributed by atoms with van der Waals surface area (Å²) in [5.74, 6) is 1.98. The quantitative estimate of drug-likeness (QED) is 0.302. The lowest BCUT2D eigenvalue weighted by Crippen LogP contribution is -2.25. The van der Waals surface area contributed by atoms with E-state index in [9.17, 15) is 4.79 Å². The minimum absolute atomic E-state index is 0.0932. The second kappa shape index (κ2) is 12.0. The molecule has 0 saturated heterocycles. The van der Waals surface area contributed by atoms with Gasteiger partial charge < -0.3 is 14.8 Å². The highest BCUT2D eigenvalue weighted by atomic mass is 32.2. The molecule has 0 spiro atoms. The summed E-state index contributed by atoms with van der Waals surface area (Å²) in [6.07, 6.45) is 0.694. The molecule has 0 radical (unpaired) electrons. The highest BCUT2D eigenvalue weighted by Gasteiger charge is 2.09. The van der Waals surface area contributed by atoms with Crippen LogP contribution in [0.2, 0.25) is 0 Å². The van der Waals surface area contributed by atoms with Crippen molar-refractivity contribution in [1.82, 2.24) is 15.5 Å². The number of thioether (sulfide) groups is 1. The smallest absolute Gasteiger partial charge is 0.251 e. The van der Waals surface area contributed by atoms with Gasteiger partial charge in [-0.3, -0.25) is 4.79 Å². The standard InChI is InChI=1S/C28H27N3O3S/c1-33-25-13-11-20(18-26(25)34-2)15-16-29-28(32)23-10-6-7-21(17-23)19-35-27-14-12-24(30-31-27)22-8-4-3-5-9-22/h3-14,17-18H,15-16,19H2,1-2H3,(H,29,32). The summed E-state index contributed by atoms with van der Waals surface area (Å²) >= 11 is 1.59. The first-order chi connectivity index (χ1) is 17.2. The molecule has 0 fully saturated rings. The van der Waals surface area contributed by atoms with E-state index in [2.05, 4.69) is 15.5 Å². The van der Waals surface area contributed by atoms with Gasteiger partial charge in [0.15, 0.2) is 11.5 Å². The second-order valence-electron chi connectivity index (χ2n) is 7.81. The van der Waals surface area contributed by atoms with Gasteiger partial charge >= 0.3 is 0 Å². The van der Waals surface area contributed by atoms with Crippen LogP contribution >= 0.6 is 11.8 Å². The van der Waals surface area contributed by atoms with Crippen molar-refractivity contribution in [3.63, 3.8) is 0 Å². The summed E-state index contributed by atoms with van der Waals surface area (Å²) < 4.78 is 10.6. The number of aromatic nitrogens is 2. The lowest BCUT2D eigenvalue weighted by Gasteiger charge is -2.10. The van der Waals surface area contributed by atoms with E-state index in [1.165, 1.54) is 0 Å². The lowest BCUT2D eigenvalue weighted by atomic mass is 10.1. The van der Waals surface area contributed by atoms with Crippen molar-refractivity contribution in [2.24, 2.45) is 0 Å². The average Bonchev–Trinajstić information content (AvgIpc) is 2.92. The predicted molar refractivity (Wildman–Crippen MR) is 139 cm³/mol. The summed E-state index contributed by atoms with van der Waals surface area (Å²) in [4.78, 5) is 12.7. The Hall–Kier alpha value is -3.84. The number of hydrogen-bond acceptors (Lipinski definition) is 6. The van der Waals surface area contributed by atoms with Crippen LogP contribution in [0.25, 0.3) is 11.3 Å². The van der Waals surface area contributed by atoms with E-state index in [1.54, 1.807) is 26.0 Å². The van der Waals surface area contributed by atoms with Crippen molar-refractivity contribution in [3.8, 4) is 22.8 Å². The molecule has 4 aromatic rings. The maximum absolute atomic E-state index is 12.7. The molecule has 0 bridgehead atoms. The van der Waals surface area contributed by atoms with Crippen LogP contribution in [-0.2, 0) is 12.2 Å². The highest BCUT2D eigenvalue weighted by Crippen LogP contribution is 2.27. The molecule has 0 atom stereocenters. The SMILES string of the molecule is COc1ccc(CCNC(=O)c2cccc(CSc3ccc(-c4ccccc4)nn3)c2)cc1OC. The molecule has 0 saturated carbocycles. The molecule has 3 aromatic carbocycles. The molecule has 4 rings (SSSR count). The van der Waals surface area contributed by atoms with E-state index in [-0.39, 0.29) is 5.91 Å². The molecule has 1 amide bonds. The predicted octanol–water partition coefficient (Wildman–Crippen LogP) is 5.43. The van der Waals surface area contributed by atoms with Gasteiger partial charge in [-0.05, 0) is 53.9 Å². The Morgan fingerprint density at radius 3 is 2.40 bits per heavy atom. The number of amides is 1. The highest BCUT2D eigenvalue weighted by molar-refractivity contribution is 7.98. The Morgan fingerprint density at radius 2 is 1.66 bits per heavy atom. The first-order valence-electron chi connectivity index (χ1n) is 11.3. The third kappa shape index (κ3) is 6.61. The molecule has 35 heavy (non-hydrogen) atoms. The van der Waals surface area contributed by atoms with Crippen molar-refractivity contribution in [1.29, 1.82) is 0 Å². The Labute approximate surface area is 209 Å². The van der Waals surface area contributed by atoms with Gasteiger partial charge in [0.25, 0.3) is 5.91 Å². The number of carbonyl (C=O) groups is 1. The normalized spacial score (nSPS) is 10.6. The molecule has 1 N–H and O–H groups in total. The number of carbonyl (C=O) groups excluding carboxylic acids is 1. The van der Waals surface area contributed by atoms with Gasteiger partial charge in [-0.25, -0.2) is 0 Å². The van der Waals surface area contributed by atoms with E-state index < -0.39 is 0 Å². The maximum Gasteiger partial charge on any atom is 0.251 e. The molecule has 0 aliphatic rings. The van der Waals surface area contributed by atoms with Crippen molar-refractivity contribution in [2.75, 3.05) is 20.8 Å². The third-order valence-electron chi connectivity index (χ3n) is 5.43. The minimum atomic E-state index is -0.0932. The number of nitrogens with zero attached hydrogens (tertiary/aromatic N) is 2. The van der Waals surface area contributed by atoms with E-state index in [4.69, 9.17) is 9.47 Å². The van der Waals surface area contributed by atoms with Crippen LogP contribution in [0.15, 0.2) is 90.0 Å². The van der Waals surface area contributed by atoms with E-state index >= 15 is 0 Å². The van der Waals surface area contributed by atoms with Gasteiger partial charge in [0, 0.05) is 23.4 Å². The lowest BCUT2D eigenvalue weighted by molar-refractivity contribution is 0.0954. The fourth-order valence-electron chi connectivity index (χ4n) is 3.58. The zero-order valence-electron chi connectivity index (χ0n) is 19.7. The molecule has 7 heteroatoms. The van der Waals surface area contributed by atoms with Crippen molar-refractivity contribution in [3.05, 3.63) is 102 Å². The fourth-order valence-corrected chi connectivity index (χ4v) is 4.34. The molecule has 1 heterocycles. The van der Waals surface area contributed by atoms with Gasteiger partial charge in [0.05, 0.1) is 19.9 Å². The first-order valence-corrected chi connectivity index (χ1v) is 12.2. The Bertz CT molecular complexity index is 1260. The van der Waals surface area contributed by atoms with Crippen LogP contribution in [0, 0.1) is 0 Å². The van der Waals surface area contributed by atoms with Crippen LogP contribution in [0.5, 0.6) is 11.5 Å². The van der Waals surface area contributed by atoms with Crippen LogP contribution in [0.3, 0.4) is 0 Å². The van der Waals surface area contributed by atoms with Crippen molar-refractivity contribution in [2.45, 2.75) is 17.2 Å². The second-order valence-corrected chi connectivity index (χ2v) is 8.80. The topological polar surface area (TPSA) is 73.3 Å². The largest absolute Gasteiger partial charge is 0.493 e. The van der Waals surface area contributed by atoms with E-state index in [1.807, 2.05) is 84.9 Å². The first kappa shape index (κ1) is 24.3. The summed E-state index contributed by atoms with van der Waals surface area (Å²) in [6.45, 7) is 0.524. The van der Waals surface area contributed by atoms with Crippen LogP contribution < -0.4 is 14.8 Å². The molecular formula is C28H27N3O3S. The molecule has 0 aliphatic heterocycles. The monoisotopic (exact) mass is 485 g/mol. The number of nitrogens with one attached hydrogen (secondary N) is 1. The Balaban J connectivity index is 1.29. The van der Waals surface area contributed by atoms with Crippen LogP contribution in [0.1, 0.15) is 21.5 Å². The zero-order chi connectivity index (χ0) is 24.5. The summed E-state index contributed by atoms with van der Waals surface area (Å²) in [6, 6.07) is 27.4. The van der Waals surface area contributed by atoms with Gasteiger partial charge in [0.2, 0.25) is 0 Å². The van der Waals surface area contributed by atoms with Gasteiger partial charge in [-0.15, -0.1) is 10.2 Å². The molecule has 1 aromatic heterocycles. The van der Waals surface area contributed by atoms with Crippen LogP contribution in [-0.4, -0.2) is 36.9 Å². The van der Waals surface area contributed by atoms with E-state index in [0.717, 1.165) is 27.4 Å². The summed E-state index contributed by atoms with van der Waals surface area (Å²) in [5.41, 5.74) is 4.65. The average molecular weight is 486 g/mol. The molecule has 0 unspecified atom stereocenters. The summed E-state index contributed by atoms with van der Waals surface area (Å²) in [7, 11) is 3.22. The van der Waals surface area contributed by atoms with Crippen LogP contribution in [0.4, 0.5) is 0 Å². The van der Waals surface area contributed by atoms with Crippen molar-refractivity contribution >= 4 is 17.7 Å². The number of benzene rings is 3. The van der Waals surface area contributed by atoms with Gasteiger partial charge in [0.1, 0.15) is 5.03 Å². The third-order valence-corrected chi connectivity index (χ3v) is 6.42. The number of rotatable bonds is 10. The number of ether oxygens (including phenoxy) is 2. The Morgan fingerprint density at radius 1 is 0.829 bits per heavy atom. The fraction of sp³-hybridized carbons (Fsp3) is 0.179. The molecule has 6 nitrogen and oxygen atoms in total. The Kier molecular flexibility index (Phi) is 8.35. The maximum atomic E-state index is 12.7. The zero-order valence-corrected chi connectivity index (χ0v) is 20.5. The molecule has 178 valence electrons. The summed E-state index contributed by atoms with van der Waals surface area (Å²) in [5, 5.41) is 12.5. The van der Waals surface area contributed by atoms with Gasteiger partial charge in [-0.2, -0.15) is 0 Å². The van der Waals surface area contributed by atoms with Gasteiger partial charge in [-0.1, -0.05) is 60.3 Å². The number of methoxy groups -OCH3 is 2. The molecule has 0 aliphatic carbocycles.